The lowest BCUT2D eigenvalue weighted by molar-refractivity contribution is 0.0652. The van der Waals surface area contributed by atoms with Crippen LogP contribution in [0.2, 0.25) is 0 Å². The van der Waals surface area contributed by atoms with Gasteiger partial charge in [0.25, 0.3) is 0 Å². The van der Waals surface area contributed by atoms with Crippen molar-refractivity contribution in [2.75, 3.05) is 7.11 Å². The molecule has 1 aliphatic heterocycles. The second kappa shape index (κ2) is 5.33. The summed E-state index contributed by atoms with van der Waals surface area (Å²) in [5, 5.41) is 10.1. The quantitative estimate of drug-likeness (QED) is 0.920. The van der Waals surface area contributed by atoms with Gasteiger partial charge in [0.05, 0.1) is 13.2 Å². The van der Waals surface area contributed by atoms with Gasteiger partial charge >= 0.3 is 0 Å². The molecular weight excluding hydrogens is 278 g/mol. The summed E-state index contributed by atoms with van der Waals surface area (Å²) < 4.78 is 37.6. The highest BCUT2D eigenvalue weighted by atomic mass is 19.1. The molecule has 5 heteroatoms. The summed E-state index contributed by atoms with van der Waals surface area (Å²) in [6.07, 6.45) is -1.02. The van der Waals surface area contributed by atoms with Crippen LogP contribution in [0.25, 0.3) is 0 Å². The summed E-state index contributed by atoms with van der Waals surface area (Å²) >= 11 is 0. The van der Waals surface area contributed by atoms with Crippen molar-refractivity contribution in [2.24, 2.45) is 0 Å². The van der Waals surface area contributed by atoms with Crippen molar-refractivity contribution >= 4 is 0 Å². The zero-order chi connectivity index (χ0) is 15.0. The van der Waals surface area contributed by atoms with Crippen LogP contribution in [0.1, 0.15) is 29.8 Å². The van der Waals surface area contributed by atoms with E-state index in [2.05, 4.69) is 0 Å². The average molecular weight is 292 g/mol. The number of fused-ring (bicyclic) bond motifs is 1. The first-order chi connectivity index (χ1) is 10.1. The summed E-state index contributed by atoms with van der Waals surface area (Å²) in [4.78, 5) is 0. The van der Waals surface area contributed by atoms with Gasteiger partial charge in [-0.2, -0.15) is 0 Å². The third-order valence-corrected chi connectivity index (χ3v) is 3.59. The maximum absolute atomic E-state index is 13.8. The normalized spacial score (nSPS) is 20.6. The van der Waals surface area contributed by atoms with Gasteiger partial charge in [-0.05, 0) is 29.8 Å². The van der Waals surface area contributed by atoms with Crippen molar-refractivity contribution < 1.29 is 23.4 Å². The maximum Gasteiger partial charge on any atom is 0.165 e. The Bertz CT molecular complexity index is 673. The average Bonchev–Trinajstić information content (AvgIpc) is 2.46. The lowest BCUT2D eigenvalue weighted by Gasteiger charge is -2.30. The molecule has 1 aliphatic rings. The molecule has 3 rings (SSSR count). The van der Waals surface area contributed by atoms with E-state index >= 15 is 0 Å². The zero-order valence-corrected chi connectivity index (χ0v) is 11.3. The lowest BCUT2D eigenvalue weighted by Crippen LogP contribution is -2.19. The van der Waals surface area contributed by atoms with Gasteiger partial charge in [-0.25, -0.2) is 8.78 Å². The van der Waals surface area contributed by atoms with Crippen molar-refractivity contribution in [3.05, 3.63) is 59.2 Å². The highest BCUT2D eigenvalue weighted by Crippen LogP contribution is 2.41. The summed E-state index contributed by atoms with van der Waals surface area (Å²) in [5.41, 5.74) is 1.11. The van der Waals surface area contributed by atoms with Crippen molar-refractivity contribution in [3.63, 3.8) is 0 Å². The Balaban J connectivity index is 1.93. The van der Waals surface area contributed by atoms with Gasteiger partial charge in [0.1, 0.15) is 17.7 Å². The molecular formula is C16H14F2O3. The number of rotatable bonds is 2. The highest BCUT2D eigenvalue weighted by molar-refractivity contribution is 5.39. The predicted molar refractivity (Wildman–Crippen MR) is 72.3 cm³/mol. The Morgan fingerprint density at radius 3 is 2.71 bits per heavy atom. The number of halogens is 2. The first kappa shape index (κ1) is 13.8. The molecule has 0 spiro atoms. The van der Waals surface area contributed by atoms with E-state index < -0.39 is 23.8 Å². The van der Waals surface area contributed by atoms with E-state index in [1.807, 2.05) is 0 Å². The Morgan fingerprint density at radius 2 is 2.00 bits per heavy atom. The van der Waals surface area contributed by atoms with Crippen LogP contribution >= 0.6 is 0 Å². The Kier molecular flexibility index (Phi) is 3.51. The molecule has 21 heavy (non-hydrogen) atoms. The second-order valence-corrected chi connectivity index (χ2v) is 4.93. The molecule has 0 amide bonds. The van der Waals surface area contributed by atoms with Crippen LogP contribution in [-0.2, 0) is 0 Å². The minimum Gasteiger partial charge on any atom is -0.494 e. The van der Waals surface area contributed by atoms with Gasteiger partial charge in [0.15, 0.2) is 11.6 Å². The smallest absolute Gasteiger partial charge is 0.165 e. The number of aliphatic hydroxyl groups excluding tert-OH is 1. The SMILES string of the molecule is COc1ccc(C2C[C@@H](O)c3ccc(F)cc3O2)cc1F. The van der Waals surface area contributed by atoms with Crippen LogP contribution in [0.3, 0.4) is 0 Å². The fourth-order valence-corrected chi connectivity index (χ4v) is 2.50. The number of aliphatic hydroxyl groups is 1. The molecule has 0 fully saturated rings. The monoisotopic (exact) mass is 292 g/mol. The molecule has 0 bridgehead atoms. The molecule has 1 heterocycles. The van der Waals surface area contributed by atoms with Gasteiger partial charge in [-0.15, -0.1) is 0 Å². The number of benzene rings is 2. The van der Waals surface area contributed by atoms with E-state index in [0.29, 0.717) is 11.1 Å². The fraction of sp³-hybridized carbons (Fsp3) is 0.250. The second-order valence-electron chi connectivity index (χ2n) is 4.93. The van der Waals surface area contributed by atoms with E-state index in [1.165, 1.54) is 37.4 Å². The summed E-state index contributed by atoms with van der Waals surface area (Å²) in [6.45, 7) is 0. The Morgan fingerprint density at radius 1 is 1.19 bits per heavy atom. The molecule has 3 nitrogen and oxygen atoms in total. The number of ether oxygens (including phenoxy) is 2. The van der Waals surface area contributed by atoms with Crippen LogP contribution in [0, 0.1) is 11.6 Å². The van der Waals surface area contributed by atoms with E-state index in [1.54, 1.807) is 6.07 Å². The Hall–Kier alpha value is -2.14. The standard InChI is InChI=1S/C16H14F2O3/c1-20-14-5-2-9(6-12(14)18)15-8-13(19)11-4-3-10(17)7-16(11)21-15/h2-7,13,15,19H,8H2,1H3/t13-,15?/m1/s1. The fourth-order valence-electron chi connectivity index (χ4n) is 2.50. The molecule has 2 aromatic rings. The first-order valence-electron chi connectivity index (χ1n) is 6.56. The van der Waals surface area contributed by atoms with Crippen molar-refractivity contribution in [1.82, 2.24) is 0 Å². The van der Waals surface area contributed by atoms with Crippen molar-refractivity contribution in [3.8, 4) is 11.5 Å². The summed E-state index contributed by atoms with van der Waals surface area (Å²) in [5.74, 6) is -0.517. The molecule has 0 saturated carbocycles. The lowest BCUT2D eigenvalue weighted by atomic mass is 9.95. The predicted octanol–water partition coefficient (Wildman–Crippen LogP) is 3.53. The minimum absolute atomic E-state index is 0.140. The minimum atomic E-state index is -0.774. The number of hydrogen-bond donors (Lipinski definition) is 1. The van der Waals surface area contributed by atoms with E-state index in [-0.39, 0.29) is 17.9 Å². The summed E-state index contributed by atoms with van der Waals surface area (Å²) in [7, 11) is 1.39. The topological polar surface area (TPSA) is 38.7 Å². The molecule has 2 aromatic carbocycles. The van der Waals surface area contributed by atoms with Gasteiger partial charge < -0.3 is 14.6 Å². The third-order valence-electron chi connectivity index (χ3n) is 3.59. The molecule has 110 valence electrons. The van der Waals surface area contributed by atoms with E-state index in [9.17, 15) is 13.9 Å². The zero-order valence-electron chi connectivity index (χ0n) is 11.3. The van der Waals surface area contributed by atoms with Crippen LogP contribution in [-0.4, -0.2) is 12.2 Å². The van der Waals surface area contributed by atoms with Gasteiger partial charge in [0, 0.05) is 18.1 Å². The molecule has 0 aliphatic carbocycles. The third kappa shape index (κ3) is 2.56. The van der Waals surface area contributed by atoms with Gasteiger partial charge in [0.2, 0.25) is 0 Å². The molecule has 0 saturated heterocycles. The van der Waals surface area contributed by atoms with Crippen molar-refractivity contribution in [1.29, 1.82) is 0 Å². The first-order valence-corrected chi connectivity index (χ1v) is 6.56. The highest BCUT2D eigenvalue weighted by Gasteiger charge is 2.28. The van der Waals surface area contributed by atoms with Crippen LogP contribution in [0.5, 0.6) is 11.5 Å². The van der Waals surface area contributed by atoms with E-state index in [4.69, 9.17) is 9.47 Å². The number of hydrogen-bond acceptors (Lipinski definition) is 3. The maximum atomic E-state index is 13.8. The van der Waals surface area contributed by atoms with Gasteiger partial charge in [-0.1, -0.05) is 6.07 Å². The molecule has 1 N–H and O–H groups in total. The summed E-state index contributed by atoms with van der Waals surface area (Å²) in [6, 6.07) is 8.48. The van der Waals surface area contributed by atoms with Crippen LogP contribution in [0.4, 0.5) is 8.78 Å². The van der Waals surface area contributed by atoms with Crippen molar-refractivity contribution in [2.45, 2.75) is 18.6 Å². The molecule has 0 aromatic heterocycles. The van der Waals surface area contributed by atoms with Crippen LogP contribution < -0.4 is 9.47 Å². The van der Waals surface area contributed by atoms with E-state index in [0.717, 1.165) is 0 Å². The molecule has 2 atom stereocenters. The van der Waals surface area contributed by atoms with Crippen LogP contribution in [0.15, 0.2) is 36.4 Å². The number of methoxy groups -OCH3 is 1. The molecule has 1 unspecified atom stereocenters. The largest absolute Gasteiger partial charge is 0.494 e. The van der Waals surface area contributed by atoms with Gasteiger partial charge in [-0.3, -0.25) is 0 Å². The molecule has 0 radical (unpaired) electrons. The Labute approximate surface area is 120 Å².